The number of aromatic nitrogens is 2. The van der Waals surface area contributed by atoms with Crippen LogP contribution in [0.15, 0.2) is 12.4 Å². The molecule has 0 N–H and O–H groups in total. The third-order valence-corrected chi connectivity index (χ3v) is 3.17. The minimum absolute atomic E-state index is 0.136. The largest absolute Gasteiger partial charge is 0.408 e. The number of anilines is 1. The van der Waals surface area contributed by atoms with E-state index in [2.05, 4.69) is 9.97 Å². The maximum atomic E-state index is 12.8. The Morgan fingerprint density at radius 2 is 2.00 bits per heavy atom. The van der Waals surface area contributed by atoms with Gasteiger partial charge in [0.05, 0.1) is 18.1 Å². The van der Waals surface area contributed by atoms with E-state index in [9.17, 15) is 13.2 Å². The van der Waals surface area contributed by atoms with Gasteiger partial charge in [0.2, 0.25) is 0 Å². The third-order valence-electron chi connectivity index (χ3n) is 3.17. The van der Waals surface area contributed by atoms with Gasteiger partial charge in [-0.2, -0.15) is 13.2 Å². The van der Waals surface area contributed by atoms with Gasteiger partial charge in [-0.15, -0.1) is 0 Å². The molecule has 6 heteroatoms. The summed E-state index contributed by atoms with van der Waals surface area (Å²) in [6.45, 7) is 4.33. The molecule has 1 unspecified atom stereocenters. The highest BCUT2D eigenvalue weighted by Crippen LogP contribution is 2.34. The SMILES string of the molecule is CC(C)c1cnc(N2CCCC2C(F)(F)F)cn1. The zero-order chi connectivity index (χ0) is 13.3. The Hall–Kier alpha value is -1.33. The highest BCUT2D eigenvalue weighted by molar-refractivity contribution is 5.39. The highest BCUT2D eigenvalue weighted by Gasteiger charge is 2.46. The lowest BCUT2D eigenvalue weighted by Gasteiger charge is -2.27. The Balaban J connectivity index is 2.20. The number of alkyl halides is 3. The van der Waals surface area contributed by atoms with E-state index in [1.807, 2.05) is 13.8 Å². The second-order valence-electron chi connectivity index (χ2n) is 4.85. The standard InChI is InChI=1S/C12H16F3N3/c1-8(2)9-6-17-11(7-16-9)18-5-3-4-10(18)12(13,14)15/h6-8,10H,3-5H2,1-2H3. The highest BCUT2D eigenvalue weighted by atomic mass is 19.4. The van der Waals surface area contributed by atoms with Crippen LogP contribution in [0.5, 0.6) is 0 Å². The van der Waals surface area contributed by atoms with Crippen molar-refractivity contribution in [1.29, 1.82) is 0 Å². The number of halogens is 3. The van der Waals surface area contributed by atoms with Crippen LogP contribution in [0.2, 0.25) is 0 Å². The lowest BCUT2D eigenvalue weighted by Crippen LogP contribution is -2.41. The lowest BCUT2D eigenvalue weighted by molar-refractivity contribution is -0.146. The zero-order valence-corrected chi connectivity index (χ0v) is 10.4. The first kappa shape index (κ1) is 13.1. The molecule has 1 aromatic rings. The van der Waals surface area contributed by atoms with E-state index < -0.39 is 12.2 Å². The molecular formula is C12H16F3N3. The molecule has 1 aliphatic rings. The normalized spacial score (nSPS) is 20.8. The lowest BCUT2D eigenvalue weighted by atomic mass is 10.1. The van der Waals surface area contributed by atoms with Gasteiger partial charge in [0.25, 0.3) is 0 Å². The van der Waals surface area contributed by atoms with E-state index in [4.69, 9.17) is 0 Å². The maximum absolute atomic E-state index is 12.8. The second kappa shape index (κ2) is 4.74. The van der Waals surface area contributed by atoms with Crippen molar-refractivity contribution in [1.82, 2.24) is 9.97 Å². The average Bonchev–Trinajstić information content (AvgIpc) is 2.77. The minimum Gasteiger partial charge on any atom is -0.343 e. The van der Waals surface area contributed by atoms with E-state index in [0.717, 1.165) is 5.69 Å². The fraction of sp³-hybridized carbons (Fsp3) is 0.667. The van der Waals surface area contributed by atoms with Gasteiger partial charge in [-0.25, -0.2) is 4.98 Å². The molecule has 100 valence electrons. The number of hydrogen-bond donors (Lipinski definition) is 0. The smallest absolute Gasteiger partial charge is 0.343 e. The third kappa shape index (κ3) is 2.57. The summed E-state index contributed by atoms with van der Waals surface area (Å²) in [5.41, 5.74) is 0.793. The fourth-order valence-corrected chi connectivity index (χ4v) is 2.16. The molecule has 0 spiro atoms. The number of nitrogens with zero attached hydrogens (tertiary/aromatic N) is 3. The van der Waals surface area contributed by atoms with Crippen LogP contribution in [0, 0.1) is 0 Å². The molecule has 2 rings (SSSR count). The Kier molecular flexibility index (Phi) is 3.45. The molecule has 1 saturated heterocycles. The van der Waals surface area contributed by atoms with Gasteiger partial charge in [0.15, 0.2) is 0 Å². The molecule has 18 heavy (non-hydrogen) atoms. The van der Waals surface area contributed by atoms with Gasteiger partial charge in [-0.1, -0.05) is 13.8 Å². The molecule has 1 atom stereocenters. The van der Waals surface area contributed by atoms with E-state index in [1.54, 1.807) is 6.20 Å². The summed E-state index contributed by atoms with van der Waals surface area (Å²) in [6, 6.07) is -1.42. The van der Waals surface area contributed by atoms with Crippen LogP contribution in [0.25, 0.3) is 0 Å². The molecule has 0 saturated carbocycles. The van der Waals surface area contributed by atoms with Crippen molar-refractivity contribution in [3.05, 3.63) is 18.1 Å². The first-order valence-electron chi connectivity index (χ1n) is 6.05. The molecule has 1 aromatic heterocycles. The van der Waals surface area contributed by atoms with Crippen LogP contribution in [-0.2, 0) is 0 Å². The van der Waals surface area contributed by atoms with Gasteiger partial charge in [-0.3, -0.25) is 4.98 Å². The van der Waals surface area contributed by atoms with Gasteiger partial charge in [0.1, 0.15) is 11.9 Å². The molecule has 0 aromatic carbocycles. The fourth-order valence-electron chi connectivity index (χ4n) is 2.16. The van der Waals surface area contributed by atoms with Gasteiger partial charge < -0.3 is 4.90 Å². The molecule has 1 aliphatic heterocycles. The summed E-state index contributed by atoms with van der Waals surface area (Å²) in [5, 5.41) is 0. The van der Waals surface area contributed by atoms with Crippen LogP contribution in [0.1, 0.15) is 38.3 Å². The molecule has 0 amide bonds. The summed E-state index contributed by atoms with van der Waals surface area (Å²) in [7, 11) is 0. The Morgan fingerprint density at radius 3 is 2.50 bits per heavy atom. The van der Waals surface area contributed by atoms with E-state index >= 15 is 0 Å². The Morgan fingerprint density at radius 1 is 1.28 bits per heavy atom. The monoisotopic (exact) mass is 259 g/mol. The van der Waals surface area contributed by atoms with Crippen LogP contribution in [0.4, 0.5) is 19.0 Å². The summed E-state index contributed by atoms with van der Waals surface area (Å²) in [5.74, 6) is 0.544. The van der Waals surface area contributed by atoms with Gasteiger partial charge in [0, 0.05) is 6.54 Å². The topological polar surface area (TPSA) is 29.0 Å². The van der Waals surface area contributed by atoms with Crippen molar-refractivity contribution in [2.75, 3.05) is 11.4 Å². The first-order chi connectivity index (χ1) is 8.39. The minimum atomic E-state index is -4.20. The van der Waals surface area contributed by atoms with Crippen LogP contribution < -0.4 is 4.90 Å². The Bertz CT molecular complexity index is 400. The van der Waals surface area contributed by atoms with Crippen LogP contribution in [0.3, 0.4) is 0 Å². The molecule has 2 heterocycles. The summed E-state index contributed by atoms with van der Waals surface area (Å²) < 4.78 is 38.4. The van der Waals surface area contributed by atoms with Crippen molar-refractivity contribution in [2.45, 2.75) is 44.8 Å². The molecular weight excluding hydrogens is 243 g/mol. The number of hydrogen-bond acceptors (Lipinski definition) is 3. The van der Waals surface area contributed by atoms with E-state index in [1.165, 1.54) is 11.1 Å². The summed E-state index contributed by atoms with van der Waals surface area (Å²) >= 11 is 0. The first-order valence-corrected chi connectivity index (χ1v) is 6.05. The van der Waals surface area contributed by atoms with Crippen molar-refractivity contribution in [3.63, 3.8) is 0 Å². The van der Waals surface area contributed by atoms with Crippen molar-refractivity contribution in [3.8, 4) is 0 Å². The van der Waals surface area contributed by atoms with Gasteiger partial charge >= 0.3 is 6.18 Å². The van der Waals surface area contributed by atoms with Crippen molar-refractivity contribution < 1.29 is 13.2 Å². The van der Waals surface area contributed by atoms with E-state index in [-0.39, 0.29) is 12.3 Å². The average molecular weight is 259 g/mol. The zero-order valence-electron chi connectivity index (χ0n) is 10.4. The predicted octanol–water partition coefficient (Wildman–Crippen LogP) is 3.13. The summed E-state index contributed by atoms with van der Waals surface area (Å²) in [4.78, 5) is 9.58. The second-order valence-corrected chi connectivity index (χ2v) is 4.85. The van der Waals surface area contributed by atoms with Crippen LogP contribution in [-0.4, -0.2) is 28.7 Å². The van der Waals surface area contributed by atoms with Crippen molar-refractivity contribution >= 4 is 5.82 Å². The Labute approximate surface area is 104 Å². The molecule has 0 radical (unpaired) electrons. The van der Waals surface area contributed by atoms with Gasteiger partial charge in [-0.05, 0) is 18.8 Å². The van der Waals surface area contributed by atoms with Crippen molar-refractivity contribution in [2.24, 2.45) is 0 Å². The van der Waals surface area contributed by atoms with E-state index in [0.29, 0.717) is 18.8 Å². The maximum Gasteiger partial charge on any atom is 0.408 e. The number of rotatable bonds is 2. The molecule has 1 fully saturated rings. The molecule has 3 nitrogen and oxygen atoms in total. The summed E-state index contributed by atoms with van der Waals surface area (Å²) in [6.07, 6.45) is -0.519. The molecule has 0 bridgehead atoms. The quantitative estimate of drug-likeness (QED) is 0.817. The van der Waals surface area contributed by atoms with Crippen LogP contribution >= 0.6 is 0 Å². The predicted molar refractivity (Wildman–Crippen MR) is 62.5 cm³/mol. The molecule has 0 aliphatic carbocycles.